The Morgan fingerprint density at radius 2 is 2.15 bits per heavy atom. The van der Waals surface area contributed by atoms with Gasteiger partial charge in [-0.2, -0.15) is 0 Å². The summed E-state index contributed by atoms with van der Waals surface area (Å²) in [6.45, 7) is 2.74. The maximum absolute atomic E-state index is 11.6. The number of carbonyl (C=O) groups excluding carboxylic acids is 1. The number of hydrogen-bond donors (Lipinski definition) is 2. The van der Waals surface area contributed by atoms with Gasteiger partial charge in [0.25, 0.3) is 0 Å². The molecule has 3 nitrogen and oxygen atoms in total. The van der Waals surface area contributed by atoms with Crippen molar-refractivity contribution in [1.82, 2.24) is 10.6 Å². The molecule has 20 heavy (non-hydrogen) atoms. The molecule has 1 fully saturated rings. The van der Waals surface area contributed by atoms with E-state index in [9.17, 15) is 4.79 Å². The quantitative estimate of drug-likeness (QED) is 0.805. The van der Waals surface area contributed by atoms with Gasteiger partial charge in [0.1, 0.15) is 0 Å². The summed E-state index contributed by atoms with van der Waals surface area (Å²) < 4.78 is 0. The largest absolute Gasteiger partial charge is 0.353 e. The SMILES string of the molecule is CCC(NCCC(=O)NC1CC1)c1ccc(Cl)cc1Cl. The summed E-state index contributed by atoms with van der Waals surface area (Å²) in [5.41, 5.74) is 1.03. The Morgan fingerprint density at radius 1 is 1.40 bits per heavy atom. The normalized spacial score (nSPS) is 15.9. The first kappa shape index (κ1) is 15.6. The van der Waals surface area contributed by atoms with Crippen LogP contribution in [0.5, 0.6) is 0 Å². The molecule has 1 aliphatic carbocycles. The molecule has 5 heteroatoms. The number of carbonyl (C=O) groups is 1. The summed E-state index contributed by atoms with van der Waals surface area (Å²) in [6, 6.07) is 6.11. The summed E-state index contributed by atoms with van der Waals surface area (Å²) in [4.78, 5) is 11.6. The molecule has 0 bridgehead atoms. The van der Waals surface area contributed by atoms with E-state index >= 15 is 0 Å². The maximum Gasteiger partial charge on any atom is 0.221 e. The lowest BCUT2D eigenvalue weighted by atomic mass is 10.0. The Hall–Kier alpha value is -0.770. The minimum absolute atomic E-state index is 0.122. The summed E-state index contributed by atoms with van der Waals surface area (Å²) in [5.74, 6) is 0.122. The molecule has 110 valence electrons. The number of benzene rings is 1. The highest BCUT2D eigenvalue weighted by Gasteiger charge is 2.23. The Balaban J connectivity index is 1.83. The molecule has 0 saturated heterocycles. The van der Waals surface area contributed by atoms with Crippen LogP contribution in [0, 0.1) is 0 Å². The summed E-state index contributed by atoms with van der Waals surface area (Å²) in [7, 11) is 0. The van der Waals surface area contributed by atoms with Gasteiger partial charge in [-0.25, -0.2) is 0 Å². The Labute approximate surface area is 130 Å². The van der Waals surface area contributed by atoms with Gasteiger partial charge in [-0.1, -0.05) is 36.2 Å². The highest BCUT2D eigenvalue weighted by atomic mass is 35.5. The number of nitrogens with one attached hydrogen (secondary N) is 2. The van der Waals surface area contributed by atoms with Crippen molar-refractivity contribution in [2.45, 2.75) is 44.7 Å². The van der Waals surface area contributed by atoms with Crippen LogP contribution in [0.1, 0.15) is 44.2 Å². The van der Waals surface area contributed by atoms with E-state index in [-0.39, 0.29) is 11.9 Å². The van der Waals surface area contributed by atoms with E-state index in [2.05, 4.69) is 17.6 Å². The molecular formula is C15H20Cl2N2O. The van der Waals surface area contributed by atoms with Gasteiger partial charge in [-0.3, -0.25) is 4.79 Å². The van der Waals surface area contributed by atoms with E-state index in [1.165, 1.54) is 0 Å². The van der Waals surface area contributed by atoms with Gasteiger partial charge in [0.15, 0.2) is 0 Å². The maximum atomic E-state index is 11.6. The second kappa shape index (κ2) is 7.30. The third-order valence-corrected chi connectivity index (χ3v) is 3.99. The second-order valence-electron chi connectivity index (χ2n) is 5.17. The smallest absolute Gasteiger partial charge is 0.221 e. The molecule has 0 spiro atoms. The van der Waals surface area contributed by atoms with Gasteiger partial charge in [0.05, 0.1) is 0 Å². The van der Waals surface area contributed by atoms with Crippen LogP contribution in [0.3, 0.4) is 0 Å². The molecule has 0 aromatic heterocycles. The summed E-state index contributed by atoms with van der Waals surface area (Å²) in [6.07, 6.45) is 3.65. The molecular weight excluding hydrogens is 295 g/mol. The van der Waals surface area contributed by atoms with E-state index in [0.29, 0.717) is 29.1 Å². The van der Waals surface area contributed by atoms with Crippen LogP contribution in [0.4, 0.5) is 0 Å². The number of amides is 1. The molecule has 1 aromatic rings. The van der Waals surface area contributed by atoms with Crippen molar-refractivity contribution in [2.24, 2.45) is 0 Å². The lowest BCUT2D eigenvalue weighted by Gasteiger charge is -2.18. The Morgan fingerprint density at radius 3 is 2.75 bits per heavy atom. The van der Waals surface area contributed by atoms with Crippen LogP contribution in [-0.4, -0.2) is 18.5 Å². The topological polar surface area (TPSA) is 41.1 Å². The molecule has 0 radical (unpaired) electrons. The number of rotatable bonds is 7. The van der Waals surface area contributed by atoms with Crippen molar-refractivity contribution in [2.75, 3.05) is 6.54 Å². The molecule has 0 aliphatic heterocycles. The Bertz CT molecular complexity index is 475. The lowest BCUT2D eigenvalue weighted by Crippen LogP contribution is -2.30. The van der Waals surface area contributed by atoms with Crippen LogP contribution in [0.25, 0.3) is 0 Å². The highest BCUT2D eigenvalue weighted by molar-refractivity contribution is 6.35. The van der Waals surface area contributed by atoms with Crippen LogP contribution < -0.4 is 10.6 Å². The van der Waals surface area contributed by atoms with Crippen molar-refractivity contribution >= 4 is 29.1 Å². The zero-order valence-corrected chi connectivity index (χ0v) is 13.1. The molecule has 0 heterocycles. The standard InChI is InChI=1S/C15H20Cl2N2O/c1-2-14(12-6-3-10(16)9-13(12)17)18-8-7-15(20)19-11-4-5-11/h3,6,9,11,14,18H,2,4-5,7-8H2,1H3,(H,19,20). The van der Waals surface area contributed by atoms with Gasteiger partial charge >= 0.3 is 0 Å². The first-order valence-electron chi connectivity index (χ1n) is 7.08. The summed E-state index contributed by atoms with van der Waals surface area (Å²) >= 11 is 12.1. The third kappa shape index (κ3) is 4.65. The molecule has 1 atom stereocenters. The van der Waals surface area contributed by atoms with E-state index in [1.807, 2.05) is 12.1 Å². The first-order chi connectivity index (χ1) is 9.60. The van der Waals surface area contributed by atoms with Crippen LogP contribution in [0.2, 0.25) is 10.0 Å². The van der Waals surface area contributed by atoms with E-state index in [4.69, 9.17) is 23.2 Å². The average Bonchev–Trinajstić information content (AvgIpc) is 3.19. The monoisotopic (exact) mass is 314 g/mol. The van der Waals surface area contributed by atoms with Crippen molar-refractivity contribution in [3.63, 3.8) is 0 Å². The predicted octanol–water partition coefficient (Wildman–Crippen LogP) is 3.70. The molecule has 1 amide bonds. The second-order valence-corrected chi connectivity index (χ2v) is 6.02. The van der Waals surface area contributed by atoms with E-state index in [1.54, 1.807) is 6.07 Å². The van der Waals surface area contributed by atoms with Crippen LogP contribution >= 0.6 is 23.2 Å². The van der Waals surface area contributed by atoms with E-state index in [0.717, 1.165) is 24.8 Å². The molecule has 2 N–H and O–H groups in total. The number of halogens is 2. The van der Waals surface area contributed by atoms with Crippen molar-refractivity contribution < 1.29 is 4.79 Å². The van der Waals surface area contributed by atoms with E-state index < -0.39 is 0 Å². The van der Waals surface area contributed by atoms with Crippen molar-refractivity contribution in [3.8, 4) is 0 Å². The minimum atomic E-state index is 0.122. The molecule has 1 aromatic carbocycles. The van der Waals surface area contributed by atoms with Gasteiger partial charge in [0.2, 0.25) is 5.91 Å². The molecule has 2 rings (SSSR count). The first-order valence-corrected chi connectivity index (χ1v) is 7.83. The van der Waals surface area contributed by atoms with Crippen LogP contribution in [0.15, 0.2) is 18.2 Å². The lowest BCUT2D eigenvalue weighted by molar-refractivity contribution is -0.121. The van der Waals surface area contributed by atoms with Crippen molar-refractivity contribution in [3.05, 3.63) is 33.8 Å². The van der Waals surface area contributed by atoms with Crippen LogP contribution in [-0.2, 0) is 4.79 Å². The van der Waals surface area contributed by atoms with Crippen molar-refractivity contribution in [1.29, 1.82) is 0 Å². The molecule has 1 saturated carbocycles. The highest BCUT2D eigenvalue weighted by Crippen LogP contribution is 2.28. The van der Waals surface area contributed by atoms with Gasteiger partial charge < -0.3 is 10.6 Å². The number of hydrogen-bond acceptors (Lipinski definition) is 2. The fourth-order valence-corrected chi connectivity index (χ4v) is 2.69. The van der Waals surface area contributed by atoms with Gasteiger partial charge in [-0.05, 0) is 37.0 Å². The fraction of sp³-hybridized carbons (Fsp3) is 0.533. The zero-order chi connectivity index (χ0) is 14.5. The zero-order valence-electron chi connectivity index (χ0n) is 11.6. The van der Waals surface area contributed by atoms with Gasteiger partial charge in [0, 0.05) is 35.1 Å². The molecule has 1 unspecified atom stereocenters. The van der Waals surface area contributed by atoms with Gasteiger partial charge in [-0.15, -0.1) is 0 Å². The predicted molar refractivity (Wildman–Crippen MR) is 83.3 cm³/mol. The minimum Gasteiger partial charge on any atom is -0.353 e. The fourth-order valence-electron chi connectivity index (χ4n) is 2.15. The third-order valence-electron chi connectivity index (χ3n) is 3.43. The Kier molecular flexibility index (Phi) is 5.70. The molecule has 1 aliphatic rings. The summed E-state index contributed by atoms with van der Waals surface area (Å²) in [5, 5.41) is 7.67. The average molecular weight is 315 g/mol.